The fraction of sp³-hybridized carbons (Fsp3) is 0.769. The molecule has 1 aliphatic rings. The van der Waals surface area contributed by atoms with Crippen LogP contribution in [0.15, 0.2) is 12.2 Å². The van der Waals surface area contributed by atoms with Gasteiger partial charge in [0.25, 0.3) is 0 Å². The Morgan fingerprint density at radius 2 is 1.82 bits per heavy atom. The van der Waals surface area contributed by atoms with E-state index in [2.05, 4.69) is 16.5 Å². The second-order valence-corrected chi connectivity index (χ2v) is 5.24. The van der Waals surface area contributed by atoms with E-state index >= 15 is 0 Å². The first-order valence-electron chi connectivity index (χ1n) is 6.15. The standard InChI is InChI=1S/C13H22O4/c1-10(2)12(14)15-17-16-13(3,4)11-8-6-5-7-9-11/h11H,1,5-9H2,2-4H3. The molecule has 1 aliphatic carbocycles. The second kappa shape index (κ2) is 6.17. The minimum atomic E-state index is -0.607. The Balaban J connectivity index is 2.33. The summed E-state index contributed by atoms with van der Waals surface area (Å²) in [4.78, 5) is 20.8. The highest BCUT2D eigenvalue weighted by Crippen LogP contribution is 2.34. The number of carbonyl (C=O) groups excluding carboxylic acids is 1. The van der Waals surface area contributed by atoms with Gasteiger partial charge in [-0.25, -0.2) is 4.79 Å². The van der Waals surface area contributed by atoms with Gasteiger partial charge in [-0.05, 0) is 44.6 Å². The minimum Gasteiger partial charge on any atom is -0.264 e. The largest absolute Gasteiger partial charge is 0.371 e. The highest BCUT2D eigenvalue weighted by atomic mass is 17.5. The Kier molecular flexibility index (Phi) is 5.15. The molecule has 0 bridgehead atoms. The molecule has 0 saturated heterocycles. The Morgan fingerprint density at radius 3 is 2.35 bits per heavy atom. The number of hydrogen-bond acceptors (Lipinski definition) is 4. The van der Waals surface area contributed by atoms with Crippen LogP contribution in [0.4, 0.5) is 0 Å². The Labute approximate surface area is 103 Å². The first kappa shape index (κ1) is 14.2. The van der Waals surface area contributed by atoms with Crippen molar-refractivity contribution in [2.45, 2.75) is 58.5 Å². The lowest BCUT2D eigenvalue weighted by molar-refractivity contribution is -0.521. The van der Waals surface area contributed by atoms with Gasteiger partial charge in [0.1, 0.15) is 5.60 Å². The normalized spacial score (nSPS) is 17.8. The summed E-state index contributed by atoms with van der Waals surface area (Å²) in [5.41, 5.74) is -0.153. The van der Waals surface area contributed by atoms with Crippen molar-refractivity contribution in [3.05, 3.63) is 12.2 Å². The zero-order chi connectivity index (χ0) is 12.9. The van der Waals surface area contributed by atoms with E-state index in [-0.39, 0.29) is 5.57 Å². The van der Waals surface area contributed by atoms with Crippen molar-refractivity contribution in [2.24, 2.45) is 5.92 Å². The minimum absolute atomic E-state index is 0.282. The van der Waals surface area contributed by atoms with Gasteiger partial charge in [0.15, 0.2) is 0 Å². The molecule has 0 radical (unpaired) electrons. The lowest BCUT2D eigenvalue weighted by Crippen LogP contribution is -2.36. The molecular formula is C13H22O4. The summed E-state index contributed by atoms with van der Waals surface area (Å²) in [7, 11) is 0. The van der Waals surface area contributed by atoms with Gasteiger partial charge in [-0.3, -0.25) is 4.89 Å². The fourth-order valence-corrected chi connectivity index (χ4v) is 2.07. The van der Waals surface area contributed by atoms with E-state index in [1.54, 1.807) is 6.92 Å². The van der Waals surface area contributed by atoms with Gasteiger partial charge in [-0.15, -0.1) is 0 Å². The monoisotopic (exact) mass is 242 g/mol. The van der Waals surface area contributed by atoms with Crippen LogP contribution < -0.4 is 0 Å². The summed E-state index contributed by atoms with van der Waals surface area (Å²) in [6, 6.07) is 0. The Bertz CT molecular complexity index is 277. The number of rotatable bonds is 5. The van der Waals surface area contributed by atoms with Crippen LogP contribution in [-0.2, 0) is 19.6 Å². The fourth-order valence-electron chi connectivity index (χ4n) is 2.07. The van der Waals surface area contributed by atoms with Crippen molar-refractivity contribution < 1.29 is 19.6 Å². The third-order valence-corrected chi connectivity index (χ3v) is 3.30. The van der Waals surface area contributed by atoms with Gasteiger partial charge in [-0.2, -0.15) is 4.89 Å². The van der Waals surface area contributed by atoms with Crippen LogP contribution in [0.2, 0.25) is 0 Å². The summed E-state index contributed by atoms with van der Waals surface area (Å²) in [6.07, 6.45) is 6.00. The predicted molar refractivity (Wildman–Crippen MR) is 63.7 cm³/mol. The van der Waals surface area contributed by atoms with Crippen molar-refractivity contribution in [3.8, 4) is 0 Å². The zero-order valence-corrected chi connectivity index (χ0v) is 11.0. The average Bonchev–Trinajstić information content (AvgIpc) is 2.29. The van der Waals surface area contributed by atoms with E-state index in [4.69, 9.17) is 4.89 Å². The third kappa shape index (κ3) is 4.48. The molecule has 0 atom stereocenters. The predicted octanol–water partition coefficient (Wildman–Crippen LogP) is 3.33. The summed E-state index contributed by atoms with van der Waals surface area (Å²) < 4.78 is 0. The van der Waals surface area contributed by atoms with Crippen LogP contribution in [0, 0.1) is 5.92 Å². The molecule has 1 saturated carbocycles. The van der Waals surface area contributed by atoms with Crippen LogP contribution in [0.5, 0.6) is 0 Å². The quantitative estimate of drug-likeness (QED) is 0.421. The summed E-state index contributed by atoms with van der Waals surface area (Å²) >= 11 is 0. The first-order valence-corrected chi connectivity index (χ1v) is 6.15. The average molecular weight is 242 g/mol. The Hall–Kier alpha value is -0.870. The molecule has 0 amide bonds. The maximum Gasteiger partial charge on any atom is 0.371 e. The lowest BCUT2D eigenvalue weighted by Gasteiger charge is -2.34. The molecule has 1 rings (SSSR count). The van der Waals surface area contributed by atoms with Crippen LogP contribution in [-0.4, -0.2) is 11.6 Å². The van der Waals surface area contributed by atoms with Crippen LogP contribution >= 0.6 is 0 Å². The van der Waals surface area contributed by atoms with Crippen molar-refractivity contribution >= 4 is 5.97 Å². The van der Waals surface area contributed by atoms with Gasteiger partial charge in [0, 0.05) is 5.57 Å². The molecule has 0 spiro atoms. The second-order valence-electron chi connectivity index (χ2n) is 5.24. The van der Waals surface area contributed by atoms with Gasteiger partial charge >= 0.3 is 5.97 Å². The molecule has 4 nitrogen and oxygen atoms in total. The molecule has 0 aliphatic heterocycles. The first-order chi connectivity index (χ1) is 7.93. The molecule has 0 N–H and O–H groups in total. The van der Waals surface area contributed by atoms with Crippen molar-refractivity contribution in [1.29, 1.82) is 0 Å². The maximum absolute atomic E-state index is 11.1. The van der Waals surface area contributed by atoms with Gasteiger partial charge in [-0.1, -0.05) is 25.8 Å². The molecular weight excluding hydrogens is 220 g/mol. The van der Waals surface area contributed by atoms with E-state index in [9.17, 15) is 4.79 Å². The van der Waals surface area contributed by atoms with E-state index in [1.807, 2.05) is 13.8 Å². The highest BCUT2D eigenvalue weighted by molar-refractivity contribution is 5.86. The molecule has 0 unspecified atom stereocenters. The maximum atomic E-state index is 11.1. The molecule has 4 heteroatoms. The molecule has 0 heterocycles. The van der Waals surface area contributed by atoms with Gasteiger partial charge in [0.2, 0.25) is 0 Å². The van der Waals surface area contributed by atoms with E-state index in [0.717, 1.165) is 12.8 Å². The van der Waals surface area contributed by atoms with Crippen LogP contribution in [0.25, 0.3) is 0 Å². The third-order valence-electron chi connectivity index (χ3n) is 3.30. The molecule has 0 aromatic rings. The SMILES string of the molecule is C=C(C)C(=O)OOOC(C)(C)C1CCCCC1. The van der Waals surface area contributed by atoms with Crippen LogP contribution in [0.3, 0.4) is 0 Å². The van der Waals surface area contributed by atoms with Crippen molar-refractivity contribution in [2.75, 3.05) is 0 Å². The summed E-state index contributed by atoms with van der Waals surface area (Å²) in [5, 5.41) is 4.56. The summed E-state index contributed by atoms with van der Waals surface area (Å²) in [5.74, 6) is -0.163. The highest BCUT2D eigenvalue weighted by Gasteiger charge is 2.33. The molecule has 17 heavy (non-hydrogen) atoms. The van der Waals surface area contributed by atoms with Crippen molar-refractivity contribution in [1.82, 2.24) is 0 Å². The summed E-state index contributed by atoms with van der Waals surface area (Å²) in [6.45, 7) is 8.92. The van der Waals surface area contributed by atoms with Crippen molar-refractivity contribution in [3.63, 3.8) is 0 Å². The van der Waals surface area contributed by atoms with E-state index in [0.29, 0.717) is 5.92 Å². The van der Waals surface area contributed by atoms with Gasteiger partial charge in [0.05, 0.1) is 0 Å². The lowest BCUT2D eigenvalue weighted by atomic mass is 9.79. The molecule has 1 fully saturated rings. The van der Waals surface area contributed by atoms with Crippen LogP contribution in [0.1, 0.15) is 52.9 Å². The zero-order valence-electron chi connectivity index (χ0n) is 11.0. The smallest absolute Gasteiger partial charge is 0.264 e. The number of hydrogen-bond donors (Lipinski definition) is 0. The van der Waals surface area contributed by atoms with Gasteiger partial charge < -0.3 is 0 Å². The Morgan fingerprint density at radius 1 is 1.24 bits per heavy atom. The number of carbonyl (C=O) groups is 1. The van der Waals surface area contributed by atoms with E-state index < -0.39 is 11.6 Å². The molecule has 98 valence electrons. The molecule has 0 aromatic heterocycles. The molecule has 0 aromatic carbocycles. The van der Waals surface area contributed by atoms with E-state index in [1.165, 1.54) is 19.3 Å². The topological polar surface area (TPSA) is 44.8 Å².